The summed E-state index contributed by atoms with van der Waals surface area (Å²) in [5.74, 6) is -2.05. The molecule has 0 spiro atoms. The summed E-state index contributed by atoms with van der Waals surface area (Å²) in [6, 6.07) is 0. The summed E-state index contributed by atoms with van der Waals surface area (Å²) >= 11 is 5.70. The van der Waals surface area contributed by atoms with Gasteiger partial charge in [0, 0.05) is 11.3 Å². The number of rotatable bonds is 2. The fourth-order valence-corrected chi connectivity index (χ4v) is 2.01. The number of carbonyl (C=O) groups is 1. The standard InChI is InChI=1S/C8H9ClF2O2/c1-7(2)4(3-5(10)11)8(7,9)6(12)13/h3-4H,1-2H3,(H,12,13). The number of hydrogen-bond donors (Lipinski definition) is 1. The van der Waals surface area contributed by atoms with Gasteiger partial charge in [0.25, 0.3) is 6.08 Å². The number of carboxylic acids is 1. The fraction of sp³-hybridized carbons (Fsp3) is 0.625. The number of aliphatic carboxylic acids is 1. The minimum absolute atomic E-state index is 0.612. The highest BCUT2D eigenvalue weighted by Crippen LogP contribution is 2.67. The van der Waals surface area contributed by atoms with Gasteiger partial charge in [-0.1, -0.05) is 13.8 Å². The Morgan fingerprint density at radius 1 is 1.54 bits per heavy atom. The molecule has 0 amide bonds. The van der Waals surface area contributed by atoms with E-state index in [4.69, 9.17) is 16.7 Å². The lowest BCUT2D eigenvalue weighted by atomic mass is 10.1. The summed E-state index contributed by atoms with van der Waals surface area (Å²) in [7, 11) is 0. The van der Waals surface area contributed by atoms with Crippen LogP contribution in [0.4, 0.5) is 8.78 Å². The second-order valence-electron chi connectivity index (χ2n) is 3.67. The van der Waals surface area contributed by atoms with Gasteiger partial charge < -0.3 is 5.11 Å². The molecule has 0 heterocycles. The summed E-state index contributed by atoms with van der Waals surface area (Å²) < 4.78 is 23.8. The lowest BCUT2D eigenvalue weighted by Gasteiger charge is -2.03. The van der Waals surface area contributed by atoms with E-state index in [1.165, 1.54) is 0 Å². The van der Waals surface area contributed by atoms with Gasteiger partial charge >= 0.3 is 5.97 Å². The van der Waals surface area contributed by atoms with E-state index < -0.39 is 28.3 Å². The number of hydrogen-bond acceptors (Lipinski definition) is 1. The van der Waals surface area contributed by atoms with Crippen LogP contribution in [0.1, 0.15) is 13.8 Å². The summed E-state index contributed by atoms with van der Waals surface area (Å²) in [4.78, 5) is 9.11. The summed E-state index contributed by atoms with van der Waals surface area (Å²) in [5.41, 5.74) is -0.816. The van der Waals surface area contributed by atoms with Crippen molar-refractivity contribution in [2.24, 2.45) is 11.3 Å². The van der Waals surface area contributed by atoms with E-state index in [9.17, 15) is 13.6 Å². The molecule has 2 nitrogen and oxygen atoms in total. The van der Waals surface area contributed by atoms with E-state index in [0.29, 0.717) is 6.08 Å². The molecule has 0 aromatic heterocycles. The van der Waals surface area contributed by atoms with Crippen LogP contribution in [0.15, 0.2) is 12.2 Å². The van der Waals surface area contributed by atoms with Gasteiger partial charge in [0.05, 0.1) is 0 Å². The van der Waals surface area contributed by atoms with Crippen LogP contribution in [-0.2, 0) is 4.79 Å². The first kappa shape index (κ1) is 10.4. The number of allylic oxidation sites excluding steroid dienone is 1. The molecule has 0 aliphatic heterocycles. The van der Waals surface area contributed by atoms with Crippen molar-refractivity contribution in [2.75, 3.05) is 0 Å². The Kier molecular flexibility index (Phi) is 2.15. The average Bonchev–Trinajstić information content (AvgIpc) is 2.35. The maximum absolute atomic E-state index is 11.9. The molecule has 5 heteroatoms. The summed E-state index contributed by atoms with van der Waals surface area (Å²) in [6.45, 7) is 3.11. The first-order chi connectivity index (χ1) is 5.74. The summed E-state index contributed by atoms with van der Waals surface area (Å²) in [5, 5.41) is 8.73. The van der Waals surface area contributed by atoms with Crippen LogP contribution in [0, 0.1) is 11.3 Å². The van der Waals surface area contributed by atoms with Gasteiger partial charge in [-0.15, -0.1) is 11.6 Å². The van der Waals surface area contributed by atoms with E-state index in [1.54, 1.807) is 13.8 Å². The van der Waals surface area contributed by atoms with Crippen LogP contribution >= 0.6 is 11.6 Å². The number of halogens is 3. The van der Waals surface area contributed by atoms with Crippen LogP contribution in [0.2, 0.25) is 0 Å². The Labute approximate surface area is 79.2 Å². The topological polar surface area (TPSA) is 37.3 Å². The van der Waals surface area contributed by atoms with Gasteiger partial charge in [-0.25, -0.2) is 0 Å². The lowest BCUT2D eigenvalue weighted by Crippen LogP contribution is -2.21. The van der Waals surface area contributed by atoms with Crippen LogP contribution < -0.4 is 0 Å². The quantitative estimate of drug-likeness (QED) is 0.711. The van der Waals surface area contributed by atoms with Crippen LogP contribution in [0.25, 0.3) is 0 Å². The molecule has 0 aromatic rings. The van der Waals surface area contributed by atoms with Crippen LogP contribution in [0.5, 0.6) is 0 Å². The maximum Gasteiger partial charge on any atom is 0.325 e. The average molecular weight is 211 g/mol. The van der Waals surface area contributed by atoms with Crippen molar-refractivity contribution in [1.82, 2.24) is 0 Å². The molecule has 13 heavy (non-hydrogen) atoms. The monoisotopic (exact) mass is 210 g/mol. The van der Waals surface area contributed by atoms with Gasteiger partial charge in [-0.3, -0.25) is 4.79 Å². The molecule has 0 saturated heterocycles. The zero-order chi connectivity index (χ0) is 10.4. The molecule has 2 atom stereocenters. The van der Waals surface area contributed by atoms with Gasteiger partial charge in [0.1, 0.15) is 0 Å². The molecule has 1 saturated carbocycles. The SMILES string of the molecule is CC1(C)C(C=C(F)F)C1(Cl)C(=O)O. The molecular weight excluding hydrogens is 202 g/mol. The molecule has 2 unspecified atom stereocenters. The minimum Gasteiger partial charge on any atom is -0.480 e. The Morgan fingerprint density at radius 2 is 2.00 bits per heavy atom. The van der Waals surface area contributed by atoms with Gasteiger partial charge in [0.15, 0.2) is 4.87 Å². The van der Waals surface area contributed by atoms with E-state index in [2.05, 4.69) is 0 Å². The van der Waals surface area contributed by atoms with E-state index in [0.717, 1.165) is 0 Å². The van der Waals surface area contributed by atoms with E-state index >= 15 is 0 Å². The first-order valence-corrected chi connectivity index (χ1v) is 4.07. The second-order valence-corrected chi connectivity index (χ2v) is 4.27. The maximum atomic E-state index is 11.9. The lowest BCUT2D eigenvalue weighted by molar-refractivity contribution is -0.138. The normalized spacial score (nSPS) is 35.3. The van der Waals surface area contributed by atoms with Gasteiger partial charge in [-0.2, -0.15) is 8.78 Å². The van der Waals surface area contributed by atoms with E-state index in [1.807, 2.05) is 0 Å². The fourth-order valence-electron chi connectivity index (χ4n) is 1.61. The third-order valence-electron chi connectivity index (χ3n) is 2.66. The van der Waals surface area contributed by atoms with Crippen LogP contribution in [0.3, 0.4) is 0 Å². The highest BCUT2D eigenvalue weighted by atomic mass is 35.5. The molecule has 0 radical (unpaired) electrons. The molecule has 1 fully saturated rings. The third kappa shape index (κ3) is 1.24. The van der Waals surface area contributed by atoms with Crippen molar-refractivity contribution in [3.05, 3.63) is 12.2 Å². The van der Waals surface area contributed by atoms with Crippen LogP contribution in [-0.4, -0.2) is 16.0 Å². The van der Waals surface area contributed by atoms with Crippen molar-refractivity contribution < 1.29 is 18.7 Å². The molecule has 1 aliphatic carbocycles. The Morgan fingerprint density at radius 3 is 2.23 bits per heavy atom. The zero-order valence-corrected chi connectivity index (χ0v) is 7.90. The molecule has 74 valence electrons. The zero-order valence-electron chi connectivity index (χ0n) is 7.14. The van der Waals surface area contributed by atoms with Crippen molar-refractivity contribution in [3.8, 4) is 0 Å². The highest BCUT2D eigenvalue weighted by molar-refractivity contribution is 6.37. The van der Waals surface area contributed by atoms with Gasteiger partial charge in [-0.05, 0) is 6.08 Å². The van der Waals surface area contributed by atoms with Crippen molar-refractivity contribution in [1.29, 1.82) is 0 Å². The largest absolute Gasteiger partial charge is 0.480 e. The third-order valence-corrected chi connectivity index (χ3v) is 3.55. The molecule has 0 bridgehead atoms. The summed E-state index contributed by atoms with van der Waals surface area (Å²) in [6.07, 6.45) is -1.27. The Bertz CT molecular complexity index is 284. The molecule has 1 rings (SSSR count). The van der Waals surface area contributed by atoms with Crippen molar-refractivity contribution in [3.63, 3.8) is 0 Å². The number of alkyl halides is 1. The van der Waals surface area contributed by atoms with Crippen molar-refractivity contribution >= 4 is 17.6 Å². The predicted molar refractivity (Wildman–Crippen MR) is 43.8 cm³/mol. The minimum atomic E-state index is -1.89. The molecule has 0 aromatic carbocycles. The Hall–Kier alpha value is -0.640. The van der Waals surface area contributed by atoms with Crippen molar-refractivity contribution in [2.45, 2.75) is 18.7 Å². The second kappa shape index (κ2) is 2.67. The predicted octanol–water partition coefficient (Wildman–Crippen LogP) is 2.49. The Balaban J connectivity index is 2.95. The first-order valence-electron chi connectivity index (χ1n) is 3.69. The molecule has 1 aliphatic rings. The molecular formula is C8H9ClF2O2. The highest BCUT2D eigenvalue weighted by Gasteiger charge is 2.75. The smallest absolute Gasteiger partial charge is 0.325 e. The molecule has 1 N–H and O–H groups in total. The van der Waals surface area contributed by atoms with Gasteiger partial charge in [0.2, 0.25) is 0 Å². The number of carboxylic acid groups (broad SMARTS) is 1. The van der Waals surface area contributed by atoms with E-state index in [-0.39, 0.29) is 0 Å².